The zero-order valence-corrected chi connectivity index (χ0v) is 12.3. The second-order valence-corrected chi connectivity index (χ2v) is 6.71. The molecule has 2 heterocycles. The number of carbonyl (C=O) groups excluding carboxylic acids is 1. The van der Waals surface area contributed by atoms with E-state index in [9.17, 15) is 4.79 Å². The van der Waals surface area contributed by atoms with E-state index in [2.05, 4.69) is 4.90 Å². The molecule has 1 amide bonds. The summed E-state index contributed by atoms with van der Waals surface area (Å²) in [5.41, 5.74) is -0.498. The van der Waals surface area contributed by atoms with Gasteiger partial charge < -0.3 is 14.7 Å². The molecule has 2 saturated heterocycles. The lowest BCUT2D eigenvalue weighted by molar-refractivity contribution is 0.00910. The maximum atomic E-state index is 12.3. The number of likely N-dealkylation sites (tertiary alicyclic amines) is 2. The molecule has 19 heavy (non-hydrogen) atoms. The number of hydrogen-bond donors (Lipinski definition) is 1. The summed E-state index contributed by atoms with van der Waals surface area (Å²) >= 11 is 0. The third-order valence-corrected chi connectivity index (χ3v) is 4.04. The highest BCUT2D eigenvalue weighted by Gasteiger charge is 2.48. The topological polar surface area (TPSA) is 53.0 Å². The minimum atomic E-state index is -0.440. The van der Waals surface area contributed by atoms with E-state index in [1.165, 1.54) is 0 Å². The molecule has 0 saturated carbocycles. The quantitative estimate of drug-likeness (QED) is 0.825. The van der Waals surface area contributed by atoms with Crippen LogP contribution in [0.4, 0.5) is 4.79 Å². The molecular formula is C14H26N2O3. The zero-order chi connectivity index (χ0) is 14.1. The summed E-state index contributed by atoms with van der Waals surface area (Å²) in [7, 11) is 0. The van der Waals surface area contributed by atoms with Gasteiger partial charge in [-0.15, -0.1) is 0 Å². The Kier molecular flexibility index (Phi) is 4.06. The molecule has 0 aliphatic carbocycles. The Labute approximate surface area is 115 Å². The van der Waals surface area contributed by atoms with Crippen LogP contribution in [0.5, 0.6) is 0 Å². The second kappa shape index (κ2) is 5.29. The highest BCUT2D eigenvalue weighted by Crippen LogP contribution is 2.38. The fourth-order valence-corrected chi connectivity index (χ4v) is 3.24. The maximum absolute atomic E-state index is 12.3. The Morgan fingerprint density at radius 1 is 1.32 bits per heavy atom. The fraction of sp³-hybridized carbons (Fsp3) is 0.929. The van der Waals surface area contributed by atoms with Crippen molar-refractivity contribution in [3.8, 4) is 0 Å². The third kappa shape index (κ3) is 3.20. The van der Waals surface area contributed by atoms with Crippen LogP contribution in [0.15, 0.2) is 0 Å². The van der Waals surface area contributed by atoms with E-state index < -0.39 is 5.60 Å². The molecule has 2 aliphatic rings. The molecular weight excluding hydrogens is 244 g/mol. The normalized spacial score (nSPS) is 28.3. The summed E-state index contributed by atoms with van der Waals surface area (Å²) in [5.74, 6) is 0. The summed E-state index contributed by atoms with van der Waals surface area (Å²) in [4.78, 5) is 16.5. The van der Waals surface area contributed by atoms with Crippen LogP contribution in [0.3, 0.4) is 0 Å². The van der Waals surface area contributed by atoms with Gasteiger partial charge >= 0.3 is 6.09 Å². The van der Waals surface area contributed by atoms with Gasteiger partial charge in [0.05, 0.1) is 12.1 Å². The van der Waals surface area contributed by atoms with Crippen molar-refractivity contribution in [2.24, 2.45) is 0 Å². The summed E-state index contributed by atoms with van der Waals surface area (Å²) in [6.07, 6.45) is 2.91. The number of ether oxygens (including phenoxy) is 1. The van der Waals surface area contributed by atoms with Gasteiger partial charge in [0.25, 0.3) is 0 Å². The van der Waals surface area contributed by atoms with Crippen LogP contribution in [0.2, 0.25) is 0 Å². The van der Waals surface area contributed by atoms with E-state index in [-0.39, 0.29) is 18.2 Å². The molecule has 2 rings (SSSR count). The lowest BCUT2D eigenvalue weighted by Gasteiger charge is -2.36. The number of carbonyl (C=O) groups is 1. The summed E-state index contributed by atoms with van der Waals surface area (Å²) in [5, 5.41) is 9.04. The predicted octanol–water partition coefficient (Wildman–Crippen LogP) is 1.45. The van der Waals surface area contributed by atoms with Crippen LogP contribution in [-0.2, 0) is 4.74 Å². The molecule has 0 radical (unpaired) electrons. The fourth-order valence-electron chi connectivity index (χ4n) is 3.24. The molecule has 0 bridgehead atoms. The number of aliphatic hydroxyl groups is 1. The van der Waals surface area contributed by atoms with E-state index in [4.69, 9.17) is 9.84 Å². The third-order valence-electron chi connectivity index (χ3n) is 4.04. The Hall–Kier alpha value is -0.810. The molecule has 0 aromatic carbocycles. The van der Waals surface area contributed by atoms with Gasteiger partial charge in [-0.25, -0.2) is 4.79 Å². The Bertz CT molecular complexity index is 340. The smallest absolute Gasteiger partial charge is 0.410 e. The first-order valence-electron chi connectivity index (χ1n) is 7.20. The molecule has 0 aromatic heterocycles. The summed E-state index contributed by atoms with van der Waals surface area (Å²) in [6, 6.07) is 0. The van der Waals surface area contributed by atoms with E-state index in [0.29, 0.717) is 6.54 Å². The number of rotatable bonds is 2. The van der Waals surface area contributed by atoms with Crippen LogP contribution < -0.4 is 0 Å². The van der Waals surface area contributed by atoms with E-state index in [0.717, 1.165) is 38.9 Å². The van der Waals surface area contributed by atoms with Crippen molar-refractivity contribution in [2.45, 2.75) is 51.2 Å². The number of amides is 1. The molecule has 1 spiro atoms. The van der Waals surface area contributed by atoms with Gasteiger partial charge in [0.1, 0.15) is 5.60 Å². The first-order chi connectivity index (χ1) is 8.86. The van der Waals surface area contributed by atoms with Gasteiger partial charge in [0.15, 0.2) is 0 Å². The lowest BCUT2D eigenvalue weighted by atomic mass is 9.95. The molecule has 110 valence electrons. The molecule has 0 unspecified atom stereocenters. The van der Waals surface area contributed by atoms with Gasteiger partial charge in [-0.05, 0) is 40.0 Å². The largest absolute Gasteiger partial charge is 0.444 e. The van der Waals surface area contributed by atoms with Gasteiger partial charge in [-0.1, -0.05) is 0 Å². The number of nitrogens with zero attached hydrogens (tertiary/aromatic N) is 2. The highest BCUT2D eigenvalue weighted by atomic mass is 16.6. The maximum Gasteiger partial charge on any atom is 0.410 e. The molecule has 2 fully saturated rings. The number of hydrogen-bond acceptors (Lipinski definition) is 4. The molecule has 0 aromatic rings. The standard InChI is InChI=1S/C14H26N2O3/c1-13(2,3)19-12(18)16-7-4-5-14(16)6-8-15(11-14)9-10-17/h17H,4-11H2,1-3H3/t14-/m1/s1. The minimum Gasteiger partial charge on any atom is -0.444 e. The highest BCUT2D eigenvalue weighted by molar-refractivity contribution is 5.70. The Balaban J connectivity index is 2.03. The minimum absolute atomic E-state index is 0.0580. The van der Waals surface area contributed by atoms with Crippen molar-refractivity contribution in [3.05, 3.63) is 0 Å². The van der Waals surface area contributed by atoms with Gasteiger partial charge in [0, 0.05) is 26.2 Å². The second-order valence-electron chi connectivity index (χ2n) is 6.71. The summed E-state index contributed by atoms with van der Waals surface area (Å²) < 4.78 is 5.52. The Morgan fingerprint density at radius 2 is 2.05 bits per heavy atom. The first kappa shape index (κ1) is 14.6. The average molecular weight is 270 g/mol. The molecule has 5 heteroatoms. The monoisotopic (exact) mass is 270 g/mol. The van der Waals surface area contributed by atoms with E-state index >= 15 is 0 Å². The van der Waals surface area contributed by atoms with Gasteiger partial charge in [-0.3, -0.25) is 4.90 Å². The summed E-state index contributed by atoms with van der Waals surface area (Å²) in [6.45, 7) is 9.21. The van der Waals surface area contributed by atoms with E-state index in [1.54, 1.807) is 0 Å². The van der Waals surface area contributed by atoms with E-state index in [1.807, 2.05) is 25.7 Å². The van der Waals surface area contributed by atoms with Gasteiger partial charge in [0.2, 0.25) is 0 Å². The van der Waals surface area contributed by atoms with Crippen molar-refractivity contribution < 1.29 is 14.6 Å². The van der Waals surface area contributed by atoms with Gasteiger partial charge in [-0.2, -0.15) is 0 Å². The van der Waals surface area contributed by atoms with Crippen molar-refractivity contribution >= 4 is 6.09 Å². The van der Waals surface area contributed by atoms with Crippen LogP contribution in [0, 0.1) is 0 Å². The predicted molar refractivity (Wildman–Crippen MR) is 73.0 cm³/mol. The average Bonchev–Trinajstić information content (AvgIpc) is 2.85. The molecule has 2 aliphatic heterocycles. The first-order valence-corrected chi connectivity index (χ1v) is 7.20. The lowest BCUT2D eigenvalue weighted by Crippen LogP contribution is -2.50. The Morgan fingerprint density at radius 3 is 2.68 bits per heavy atom. The van der Waals surface area contributed by atoms with Crippen LogP contribution in [-0.4, -0.2) is 64.9 Å². The van der Waals surface area contributed by atoms with Crippen molar-refractivity contribution in [1.82, 2.24) is 9.80 Å². The van der Waals surface area contributed by atoms with Crippen molar-refractivity contribution in [3.63, 3.8) is 0 Å². The SMILES string of the molecule is CC(C)(C)OC(=O)N1CCC[C@]12CCN(CCO)C2. The van der Waals surface area contributed by atoms with Crippen molar-refractivity contribution in [2.75, 3.05) is 32.8 Å². The van der Waals surface area contributed by atoms with Crippen LogP contribution in [0.25, 0.3) is 0 Å². The van der Waals surface area contributed by atoms with Crippen LogP contribution in [0.1, 0.15) is 40.0 Å². The van der Waals surface area contributed by atoms with Crippen LogP contribution >= 0.6 is 0 Å². The zero-order valence-electron chi connectivity index (χ0n) is 12.3. The molecule has 1 atom stereocenters. The number of aliphatic hydroxyl groups excluding tert-OH is 1. The van der Waals surface area contributed by atoms with Crippen molar-refractivity contribution in [1.29, 1.82) is 0 Å². The number of β-amino-alcohol motifs (C(OH)–C–C–N with tert-alkyl or cyclic N) is 1. The molecule has 5 nitrogen and oxygen atoms in total. The molecule has 1 N–H and O–H groups in total.